The van der Waals surface area contributed by atoms with Gasteiger partial charge in [0.05, 0.1) is 11.4 Å². The zero-order valence-corrected chi connectivity index (χ0v) is 16.0. The van der Waals surface area contributed by atoms with Crippen LogP contribution in [-0.4, -0.2) is 22.2 Å². The van der Waals surface area contributed by atoms with Crippen molar-refractivity contribution in [2.45, 2.75) is 25.5 Å². The summed E-state index contributed by atoms with van der Waals surface area (Å²) in [6.07, 6.45) is 0.0825. The Morgan fingerprint density at radius 2 is 1.96 bits per heavy atom. The van der Waals surface area contributed by atoms with E-state index in [1.54, 1.807) is 24.3 Å². The fraction of sp³-hybridized carbons (Fsp3) is 0.211. The summed E-state index contributed by atoms with van der Waals surface area (Å²) in [5, 5.41) is 0.138. The number of nitrogens with zero attached hydrogens (tertiary/aromatic N) is 2. The maximum Gasteiger partial charge on any atom is 0.247 e. The van der Waals surface area contributed by atoms with E-state index in [0.717, 1.165) is 27.9 Å². The van der Waals surface area contributed by atoms with Gasteiger partial charge in [0.15, 0.2) is 5.17 Å². The maximum absolute atomic E-state index is 12.6. The first kappa shape index (κ1) is 18.5. The van der Waals surface area contributed by atoms with Crippen LogP contribution in [0.5, 0.6) is 0 Å². The Morgan fingerprint density at radius 1 is 1.19 bits per heavy atom. The Balaban J connectivity index is 1.76. The number of hydrogen-bond acceptors (Lipinski definition) is 4. The highest BCUT2D eigenvalue weighted by Gasteiger charge is 2.40. The van der Waals surface area contributed by atoms with Crippen LogP contribution in [0.4, 0.5) is 11.4 Å². The van der Waals surface area contributed by atoms with Gasteiger partial charge in [-0.3, -0.25) is 9.59 Å². The van der Waals surface area contributed by atoms with Crippen molar-refractivity contribution in [3.8, 4) is 0 Å². The molecule has 0 aromatic heterocycles. The van der Waals surface area contributed by atoms with Crippen LogP contribution in [-0.2, 0) is 9.59 Å². The highest BCUT2D eigenvalue weighted by Crippen LogP contribution is 2.31. The summed E-state index contributed by atoms with van der Waals surface area (Å²) in [5.74, 6) is -0.575. The lowest BCUT2D eigenvalue weighted by Crippen LogP contribution is -2.31. The van der Waals surface area contributed by atoms with E-state index in [4.69, 9.17) is 17.3 Å². The Kier molecular flexibility index (Phi) is 5.34. The molecule has 2 aromatic rings. The Labute approximate surface area is 161 Å². The molecule has 0 bridgehead atoms. The molecule has 0 radical (unpaired) electrons. The van der Waals surface area contributed by atoms with Gasteiger partial charge in [-0.05, 0) is 55.3 Å². The van der Waals surface area contributed by atoms with E-state index in [2.05, 4.69) is 4.99 Å². The first-order valence-electron chi connectivity index (χ1n) is 8.05. The Bertz CT molecular complexity index is 913. The minimum Gasteiger partial charge on any atom is -0.378 e. The number of halogens is 1. The fourth-order valence-electron chi connectivity index (χ4n) is 2.68. The smallest absolute Gasteiger partial charge is 0.247 e. The minimum atomic E-state index is -0.586. The number of aliphatic imine (C=N–C) groups is 1. The summed E-state index contributed by atoms with van der Waals surface area (Å²) in [7, 11) is 0. The molecule has 2 N–H and O–H groups in total. The number of amides is 2. The lowest BCUT2D eigenvalue weighted by Gasteiger charge is -2.15. The minimum absolute atomic E-state index is 0.0825. The predicted octanol–water partition coefficient (Wildman–Crippen LogP) is 3.97. The number of thioether (sulfide) groups is 1. The number of benzene rings is 2. The first-order chi connectivity index (χ1) is 12.3. The third-order valence-corrected chi connectivity index (χ3v) is 5.39. The first-order valence-corrected chi connectivity index (χ1v) is 9.31. The van der Waals surface area contributed by atoms with E-state index in [9.17, 15) is 9.59 Å². The number of carbonyl (C=O) groups excluding carboxylic acids is 2. The van der Waals surface area contributed by atoms with Crippen molar-refractivity contribution in [3.63, 3.8) is 0 Å². The molecule has 1 aliphatic rings. The molecule has 5 nitrogen and oxygen atoms in total. The molecule has 134 valence electrons. The third kappa shape index (κ3) is 3.92. The van der Waals surface area contributed by atoms with Crippen LogP contribution in [0.2, 0.25) is 5.02 Å². The molecule has 1 atom stereocenters. The molecule has 1 heterocycles. The van der Waals surface area contributed by atoms with Crippen molar-refractivity contribution in [1.82, 2.24) is 0 Å². The number of hydrogen-bond donors (Lipinski definition) is 1. The molecule has 1 saturated heterocycles. The summed E-state index contributed by atoms with van der Waals surface area (Å²) in [6, 6.07) is 12.4. The molecule has 2 amide bonds. The summed E-state index contributed by atoms with van der Waals surface area (Å²) in [5.41, 5.74) is 9.48. The van der Waals surface area contributed by atoms with E-state index in [1.165, 1.54) is 5.56 Å². The Morgan fingerprint density at radius 3 is 2.65 bits per heavy atom. The molecule has 0 unspecified atom stereocenters. The highest BCUT2D eigenvalue weighted by molar-refractivity contribution is 8.15. The second kappa shape index (κ2) is 7.51. The van der Waals surface area contributed by atoms with Gasteiger partial charge >= 0.3 is 0 Å². The van der Waals surface area contributed by atoms with E-state index < -0.39 is 5.25 Å². The van der Waals surface area contributed by atoms with Gasteiger partial charge in [0, 0.05) is 11.4 Å². The van der Waals surface area contributed by atoms with Crippen LogP contribution in [0, 0.1) is 13.8 Å². The van der Waals surface area contributed by atoms with Crippen molar-refractivity contribution in [2.24, 2.45) is 10.7 Å². The van der Waals surface area contributed by atoms with E-state index >= 15 is 0 Å². The van der Waals surface area contributed by atoms with Crippen molar-refractivity contribution in [3.05, 3.63) is 58.6 Å². The number of anilines is 1. The molecule has 3 rings (SSSR count). The van der Waals surface area contributed by atoms with E-state index in [1.807, 2.05) is 32.0 Å². The van der Waals surface area contributed by atoms with Crippen molar-refractivity contribution in [2.75, 3.05) is 4.90 Å². The number of nitrogens with two attached hydrogens (primary N) is 1. The lowest BCUT2D eigenvalue weighted by molar-refractivity contribution is -0.121. The number of rotatable bonds is 3. The van der Waals surface area contributed by atoms with Crippen LogP contribution in [0.15, 0.2) is 47.5 Å². The van der Waals surface area contributed by atoms with Gasteiger partial charge in [0.25, 0.3) is 0 Å². The highest BCUT2D eigenvalue weighted by atomic mass is 35.5. The van der Waals surface area contributed by atoms with Gasteiger partial charge in [-0.1, -0.05) is 35.5 Å². The van der Waals surface area contributed by atoms with Crippen LogP contribution >= 0.6 is 23.4 Å². The standard InChI is InChI=1S/C19H18ClN3O2S/c1-11-6-7-14(8-12(11)2)22-19(21)26-16-10-17(24)23(18(16)25)15-5-3-4-13(20)9-15/h3-9,16H,10H2,1-2H3,(H2,21,22)/t16-/m1/s1. The van der Waals surface area contributed by atoms with Gasteiger partial charge in [-0.2, -0.15) is 0 Å². The predicted molar refractivity (Wildman–Crippen MR) is 107 cm³/mol. The van der Waals surface area contributed by atoms with Crippen molar-refractivity contribution < 1.29 is 9.59 Å². The molecule has 0 saturated carbocycles. The summed E-state index contributed by atoms with van der Waals surface area (Å²) >= 11 is 7.07. The van der Waals surface area contributed by atoms with Crippen molar-refractivity contribution in [1.29, 1.82) is 0 Å². The van der Waals surface area contributed by atoms with Gasteiger partial charge in [-0.15, -0.1) is 0 Å². The average molecular weight is 388 g/mol. The fourth-order valence-corrected chi connectivity index (χ4v) is 3.74. The molecule has 2 aromatic carbocycles. The summed E-state index contributed by atoms with van der Waals surface area (Å²) in [6.45, 7) is 4.02. The average Bonchev–Trinajstić information content (AvgIpc) is 2.84. The summed E-state index contributed by atoms with van der Waals surface area (Å²) < 4.78 is 0. The lowest BCUT2D eigenvalue weighted by atomic mass is 10.1. The van der Waals surface area contributed by atoms with Crippen LogP contribution in [0.1, 0.15) is 17.5 Å². The van der Waals surface area contributed by atoms with Crippen LogP contribution in [0.3, 0.4) is 0 Å². The number of imide groups is 1. The number of aryl methyl sites for hydroxylation is 2. The molecule has 26 heavy (non-hydrogen) atoms. The normalized spacial score (nSPS) is 17.9. The molecule has 1 fully saturated rings. The molecule has 1 aliphatic heterocycles. The second-order valence-electron chi connectivity index (χ2n) is 6.08. The zero-order chi connectivity index (χ0) is 18.8. The summed E-state index contributed by atoms with van der Waals surface area (Å²) in [4.78, 5) is 30.5. The van der Waals surface area contributed by atoms with E-state index in [-0.39, 0.29) is 23.4 Å². The molecular formula is C19H18ClN3O2S. The maximum atomic E-state index is 12.6. The SMILES string of the molecule is Cc1ccc(N=C(N)S[C@@H]2CC(=O)N(c3cccc(Cl)c3)C2=O)cc1C. The molecule has 0 aliphatic carbocycles. The monoisotopic (exact) mass is 387 g/mol. The van der Waals surface area contributed by atoms with E-state index in [0.29, 0.717) is 10.7 Å². The quantitative estimate of drug-likeness (QED) is 0.491. The topological polar surface area (TPSA) is 75.8 Å². The largest absolute Gasteiger partial charge is 0.378 e. The van der Waals surface area contributed by atoms with Gasteiger partial charge in [-0.25, -0.2) is 9.89 Å². The van der Waals surface area contributed by atoms with Crippen LogP contribution < -0.4 is 10.6 Å². The molecule has 7 heteroatoms. The molecular weight excluding hydrogens is 370 g/mol. The second-order valence-corrected chi connectivity index (χ2v) is 7.74. The van der Waals surface area contributed by atoms with Gasteiger partial charge < -0.3 is 5.73 Å². The zero-order valence-electron chi connectivity index (χ0n) is 14.4. The van der Waals surface area contributed by atoms with Gasteiger partial charge in [0.2, 0.25) is 11.8 Å². The van der Waals surface area contributed by atoms with Crippen molar-refractivity contribution >= 4 is 51.7 Å². The number of carbonyl (C=O) groups is 2. The third-order valence-electron chi connectivity index (χ3n) is 4.16. The number of amidine groups is 1. The van der Waals surface area contributed by atoms with Crippen LogP contribution in [0.25, 0.3) is 0 Å². The molecule has 0 spiro atoms. The Hall–Kier alpha value is -2.31. The van der Waals surface area contributed by atoms with Gasteiger partial charge in [0.1, 0.15) is 5.25 Å².